The third kappa shape index (κ3) is 12.7. The number of rotatable bonds is 15. The molecule has 8 nitrogen and oxygen atoms in total. The fourth-order valence-electron chi connectivity index (χ4n) is 8.15. The number of amidine groups is 1. The van der Waals surface area contributed by atoms with E-state index < -0.39 is 0 Å². The van der Waals surface area contributed by atoms with Crippen molar-refractivity contribution in [3.63, 3.8) is 0 Å². The van der Waals surface area contributed by atoms with Crippen molar-refractivity contribution in [2.45, 2.75) is 70.5 Å². The first-order valence-corrected chi connectivity index (χ1v) is 23.9. The van der Waals surface area contributed by atoms with E-state index in [1.54, 1.807) is 0 Å². The van der Waals surface area contributed by atoms with E-state index in [1.807, 2.05) is 98.6 Å². The summed E-state index contributed by atoms with van der Waals surface area (Å²) in [6, 6.07) is 56.4. The van der Waals surface area contributed by atoms with E-state index in [0.717, 1.165) is 55.8 Å². The molecular formula is C58H54N6O2S. The standard InChI is InChI=1S/C58H54N6O2S/c1-41(2)59-57(65-52-31-27-50(28-32-52)46-13-7-4-8-14-46)60-42(3)37-43-19-23-48(24-20-43)49-25-21-44(22-26-49)38-55-61-56(39-45-35-36-64(40-45)67-54-17-11-6-12-18-54)63-58(62-55)66-53-33-29-51(30-34-53)47-15-9-5-10-16-47/h4-5,7-10,13-16,19-36,40,54H,3,6,11-12,17-18,37-39H2,1-2H3/b60-57+. The summed E-state index contributed by atoms with van der Waals surface area (Å²) in [5.74, 6) is 2.67. The van der Waals surface area contributed by atoms with Gasteiger partial charge in [0.25, 0.3) is 0 Å². The Bertz CT molecular complexity index is 2940. The number of hydrogen-bond acceptors (Lipinski definition) is 7. The van der Waals surface area contributed by atoms with Gasteiger partial charge in [0.2, 0.25) is 0 Å². The molecule has 2 aromatic heterocycles. The molecular weight excluding hydrogens is 845 g/mol. The number of aromatic nitrogens is 4. The Labute approximate surface area is 398 Å². The monoisotopic (exact) mass is 898 g/mol. The molecule has 6 aromatic carbocycles. The van der Waals surface area contributed by atoms with Crippen LogP contribution in [-0.2, 0) is 19.3 Å². The second-order valence-corrected chi connectivity index (χ2v) is 18.4. The lowest BCUT2D eigenvalue weighted by Crippen LogP contribution is -2.09. The maximum Gasteiger partial charge on any atom is 0.325 e. The third-order valence-electron chi connectivity index (χ3n) is 11.5. The Morgan fingerprint density at radius 3 is 1.64 bits per heavy atom. The van der Waals surface area contributed by atoms with E-state index in [-0.39, 0.29) is 6.02 Å². The van der Waals surface area contributed by atoms with Gasteiger partial charge in [-0.05, 0) is 119 Å². The van der Waals surface area contributed by atoms with Crippen molar-refractivity contribution in [2.24, 2.45) is 9.98 Å². The molecule has 0 N–H and O–H groups in total. The highest BCUT2D eigenvalue weighted by Crippen LogP contribution is 2.31. The molecule has 0 spiro atoms. The van der Waals surface area contributed by atoms with Gasteiger partial charge in [-0.25, -0.2) is 15.0 Å². The van der Waals surface area contributed by atoms with Crippen LogP contribution >= 0.6 is 11.9 Å². The molecule has 0 saturated heterocycles. The summed E-state index contributed by atoms with van der Waals surface area (Å²) in [6.07, 6.45) is 12.6. The normalized spacial score (nSPS) is 13.0. The number of benzene rings is 6. The molecule has 2 heterocycles. The van der Waals surface area contributed by atoms with Gasteiger partial charge in [-0.2, -0.15) is 9.97 Å². The van der Waals surface area contributed by atoms with Crippen LogP contribution in [0.3, 0.4) is 0 Å². The maximum absolute atomic E-state index is 6.32. The van der Waals surface area contributed by atoms with Crippen molar-refractivity contribution in [1.29, 1.82) is 0 Å². The average molecular weight is 899 g/mol. The van der Waals surface area contributed by atoms with Gasteiger partial charge >= 0.3 is 12.0 Å². The first-order chi connectivity index (χ1) is 32.8. The van der Waals surface area contributed by atoms with Crippen LogP contribution in [0.4, 0.5) is 0 Å². The van der Waals surface area contributed by atoms with Crippen molar-refractivity contribution in [2.75, 3.05) is 0 Å². The molecule has 67 heavy (non-hydrogen) atoms. The summed E-state index contributed by atoms with van der Waals surface area (Å²) >= 11 is 1.93. The predicted octanol–water partition coefficient (Wildman–Crippen LogP) is 14.4. The van der Waals surface area contributed by atoms with Crippen LogP contribution < -0.4 is 9.47 Å². The molecule has 0 radical (unpaired) electrons. The Balaban J connectivity index is 0.861. The van der Waals surface area contributed by atoms with E-state index in [9.17, 15) is 0 Å². The average Bonchev–Trinajstić information content (AvgIpc) is 3.79. The molecule has 9 rings (SSSR count). The third-order valence-corrected chi connectivity index (χ3v) is 12.8. The van der Waals surface area contributed by atoms with Crippen molar-refractivity contribution in [3.05, 3.63) is 217 Å². The molecule has 0 atom stereocenters. The van der Waals surface area contributed by atoms with Crippen molar-refractivity contribution < 1.29 is 9.47 Å². The molecule has 0 aliphatic heterocycles. The summed E-state index contributed by atoms with van der Waals surface area (Å²) in [5, 5.41) is 0.671. The van der Waals surface area contributed by atoms with Gasteiger partial charge in [0, 0.05) is 48.3 Å². The lowest BCUT2D eigenvalue weighted by atomic mass is 10.0. The molecule has 1 fully saturated rings. The molecule has 0 bridgehead atoms. The first-order valence-electron chi connectivity index (χ1n) is 23.0. The van der Waals surface area contributed by atoms with Crippen molar-refractivity contribution >= 4 is 23.7 Å². The molecule has 334 valence electrons. The van der Waals surface area contributed by atoms with Gasteiger partial charge in [-0.3, -0.25) is 3.97 Å². The minimum absolute atomic E-state index is 0.263. The van der Waals surface area contributed by atoms with E-state index in [2.05, 4.69) is 124 Å². The second-order valence-electron chi connectivity index (χ2n) is 17.1. The molecule has 8 aromatic rings. The summed E-state index contributed by atoms with van der Waals surface area (Å²) in [7, 11) is 0. The van der Waals surface area contributed by atoms with Crippen LogP contribution in [0.25, 0.3) is 33.4 Å². The van der Waals surface area contributed by atoms with Crippen LogP contribution in [-0.4, -0.2) is 35.9 Å². The minimum atomic E-state index is 0.263. The minimum Gasteiger partial charge on any atom is -0.424 e. The number of aliphatic imine (C=N–C) groups is 2. The fraction of sp³-hybridized carbons (Fsp3) is 0.190. The molecule has 1 aliphatic rings. The van der Waals surface area contributed by atoms with Gasteiger partial charge in [0.05, 0.1) is 0 Å². The van der Waals surface area contributed by atoms with Crippen LogP contribution in [0.2, 0.25) is 0 Å². The zero-order valence-electron chi connectivity index (χ0n) is 38.1. The quantitative estimate of drug-likeness (QED) is 0.0752. The van der Waals surface area contributed by atoms with Crippen LogP contribution in [0.15, 0.2) is 198 Å². The van der Waals surface area contributed by atoms with Gasteiger partial charge in [0.1, 0.15) is 23.1 Å². The maximum atomic E-state index is 6.32. The molecule has 0 unspecified atom stereocenters. The highest BCUT2D eigenvalue weighted by molar-refractivity contribution is 7.98. The van der Waals surface area contributed by atoms with E-state index >= 15 is 0 Å². The van der Waals surface area contributed by atoms with Gasteiger partial charge in [0.15, 0.2) is 0 Å². The number of allylic oxidation sites excluding steroid dienone is 1. The summed E-state index contributed by atoms with van der Waals surface area (Å²) < 4.78 is 14.7. The molecule has 1 aliphatic carbocycles. The van der Waals surface area contributed by atoms with Gasteiger partial charge < -0.3 is 9.47 Å². The van der Waals surface area contributed by atoms with E-state index in [4.69, 9.17) is 24.4 Å². The lowest BCUT2D eigenvalue weighted by molar-refractivity contribution is 0.433. The van der Waals surface area contributed by atoms with Crippen LogP contribution in [0, 0.1) is 0 Å². The Hall–Kier alpha value is -7.36. The lowest BCUT2D eigenvalue weighted by Gasteiger charge is -2.20. The Kier molecular flexibility index (Phi) is 14.6. The molecule has 0 amide bonds. The smallest absolute Gasteiger partial charge is 0.325 e. The predicted molar refractivity (Wildman–Crippen MR) is 275 cm³/mol. The number of hydrogen-bond donors (Lipinski definition) is 0. The Morgan fingerprint density at radius 2 is 1.07 bits per heavy atom. The topological polar surface area (TPSA) is 86.8 Å². The van der Waals surface area contributed by atoms with E-state index in [1.165, 1.54) is 32.1 Å². The van der Waals surface area contributed by atoms with Gasteiger partial charge in [-0.15, -0.1) is 0 Å². The van der Waals surface area contributed by atoms with Crippen LogP contribution in [0.5, 0.6) is 17.5 Å². The molecule has 1 saturated carbocycles. The fourth-order valence-corrected chi connectivity index (χ4v) is 9.37. The second kappa shape index (κ2) is 21.8. The SMILES string of the molecule is C=C(Cc1ccc(-c2ccc(Cc3nc(Cc4ccn(SC5CCCCC5)c4)nc(Oc4ccc(-c5ccccc5)cc4)n3)cc2)cc1)/N=C(\N=C(C)C)Oc1ccc(-c2ccccc2)cc1. The summed E-state index contributed by atoms with van der Waals surface area (Å²) in [4.78, 5) is 23.9. The largest absolute Gasteiger partial charge is 0.424 e. The van der Waals surface area contributed by atoms with Crippen molar-refractivity contribution in [3.8, 4) is 50.9 Å². The Morgan fingerprint density at radius 1 is 0.567 bits per heavy atom. The summed E-state index contributed by atoms with van der Waals surface area (Å²) in [6.45, 7) is 8.09. The van der Waals surface area contributed by atoms with E-state index in [0.29, 0.717) is 59.4 Å². The van der Waals surface area contributed by atoms with Crippen LogP contribution in [0.1, 0.15) is 74.3 Å². The number of ether oxygens (including phenoxy) is 2. The highest BCUT2D eigenvalue weighted by Gasteiger charge is 2.16. The first kappa shape index (κ1) is 44.8. The van der Waals surface area contributed by atoms with Crippen molar-refractivity contribution in [1.82, 2.24) is 18.9 Å². The zero-order valence-corrected chi connectivity index (χ0v) is 38.9. The number of nitrogens with zero attached hydrogens (tertiary/aromatic N) is 6. The summed E-state index contributed by atoms with van der Waals surface area (Å²) in [5.41, 5.74) is 11.6. The highest BCUT2D eigenvalue weighted by atomic mass is 32.2. The molecule has 9 heteroatoms. The van der Waals surface area contributed by atoms with Gasteiger partial charge in [-0.1, -0.05) is 159 Å². The zero-order chi connectivity index (χ0) is 45.8.